The van der Waals surface area contributed by atoms with E-state index in [-0.39, 0.29) is 35.3 Å². The lowest BCUT2D eigenvalue weighted by atomic mass is 10.0. The quantitative estimate of drug-likeness (QED) is 0.596. The van der Waals surface area contributed by atoms with Crippen molar-refractivity contribution >= 4 is 10.9 Å². The molecular weight excluding hydrogens is 442 g/mol. The molecule has 0 spiro atoms. The van der Waals surface area contributed by atoms with E-state index in [1.54, 1.807) is 19.5 Å². The molecule has 0 aliphatic carbocycles. The number of hydrogen-bond donors (Lipinski definition) is 1. The van der Waals surface area contributed by atoms with Crippen LogP contribution in [0.5, 0.6) is 11.6 Å². The Kier molecular flexibility index (Phi) is 6.22. The lowest BCUT2D eigenvalue weighted by Crippen LogP contribution is -2.46. The minimum atomic E-state index is -1.07. The second kappa shape index (κ2) is 9.31. The normalized spacial score (nSPS) is 19.9. The Morgan fingerprint density at radius 2 is 2.18 bits per heavy atom. The van der Waals surface area contributed by atoms with Crippen molar-refractivity contribution in [2.24, 2.45) is 0 Å². The maximum atomic E-state index is 14.4. The van der Waals surface area contributed by atoms with Crippen LogP contribution in [-0.2, 0) is 13.1 Å². The SMILES string of the molecule is COc1cc(CN(Cc2cn3c4c(c(F)c(F)cc4c2=O)OCC3C)[C@H]2CCCNC2)ccn1. The third-order valence-electron chi connectivity index (χ3n) is 6.74. The molecule has 2 atom stereocenters. The average molecular weight is 471 g/mol. The lowest BCUT2D eigenvalue weighted by molar-refractivity contribution is 0.148. The summed E-state index contributed by atoms with van der Waals surface area (Å²) in [5.41, 5.74) is 1.59. The van der Waals surface area contributed by atoms with Crippen LogP contribution in [0.25, 0.3) is 10.9 Å². The van der Waals surface area contributed by atoms with Crippen LogP contribution in [0.1, 0.15) is 36.9 Å². The highest BCUT2D eigenvalue weighted by Gasteiger charge is 2.28. The predicted octanol–water partition coefficient (Wildman–Crippen LogP) is 3.39. The summed E-state index contributed by atoms with van der Waals surface area (Å²) in [7, 11) is 1.58. The van der Waals surface area contributed by atoms with Gasteiger partial charge < -0.3 is 19.4 Å². The fraction of sp³-hybridized carbons (Fsp3) is 0.440. The molecule has 0 radical (unpaired) electrons. The van der Waals surface area contributed by atoms with Gasteiger partial charge in [-0.15, -0.1) is 0 Å². The number of nitrogens with zero attached hydrogens (tertiary/aromatic N) is 3. The third kappa shape index (κ3) is 4.14. The molecule has 0 saturated carbocycles. The van der Waals surface area contributed by atoms with Crippen molar-refractivity contribution < 1.29 is 18.3 Å². The van der Waals surface area contributed by atoms with Crippen molar-refractivity contribution in [3.63, 3.8) is 0 Å². The van der Waals surface area contributed by atoms with E-state index in [1.807, 2.05) is 23.6 Å². The first kappa shape index (κ1) is 22.7. The first-order valence-electron chi connectivity index (χ1n) is 11.6. The van der Waals surface area contributed by atoms with E-state index in [2.05, 4.69) is 15.2 Å². The van der Waals surface area contributed by atoms with Crippen molar-refractivity contribution in [1.29, 1.82) is 0 Å². The Morgan fingerprint density at radius 3 is 2.94 bits per heavy atom. The molecule has 2 aliphatic rings. The van der Waals surface area contributed by atoms with E-state index in [4.69, 9.17) is 9.47 Å². The van der Waals surface area contributed by atoms with Gasteiger partial charge in [0, 0.05) is 49.7 Å². The molecule has 9 heteroatoms. The van der Waals surface area contributed by atoms with Gasteiger partial charge in [-0.1, -0.05) is 0 Å². The molecule has 0 bridgehead atoms. The lowest BCUT2D eigenvalue weighted by Gasteiger charge is -2.35. The van der Waals surface area contributed by atoms with E-state index in [1.165, 1.54) is 0 Å². The van der Waals surface area contributed by atoms with E-state index >= 15 is 0 Å². The topological polar surface area (TPSA) is 68.6 Å². The molecule has 3 aromatic rings. The van der Waals surface area contributed by atoms with E-state index in [9.17, 15) is 13.6 Å². The summed E-state index contributed by atoms with van der Waals surface area (Å²) >= 11 is 0. The highest BCUT2D eigenvalue weighted by molar-refractivity contribution is 5.86. The Bertz CT molecular complexity index is 1270. The number of rotatable bonds is 6. The second-order valence-electron chi connectivity index (χ2n) is 9.06. The average Bonchev–Trinajstić information content (AvgIpc) is 2.86. The predicted molar refractivity (Wildman–Crippen MR) is 124 cm³/mol. The van der Waals surface area contributed by atoms with Gasteiger partial charge in [-0.05, 0) is 44.0 Å². The van der Waals surface area contributed by atoms with Crippen LogP contribution in [0.15, 0.2) is 35.4 Å². The van der Waals surface area contributed by atoms with E-state index in [0.29, 0.717) is 30.0 Å². The van der Waals surface area contributed by atoms with Crippen LogP contribution < -0.4 is 20.2 Å². The summed E-state index contributed by atoms with van der Waals surface area (Å²) in [6.07, 6.45) is 5.55. The highest BCUT2D eigenvalue weighted by Crippen LogP contribution is 2.35. The van der Waals surface area contributed by atoms with Gasteiger partial charge in [-0.2, -0.15) is 4.39 Å². The van der Waals surface area contributed by atoms with Gasteiger partial charge in [0.15, 0.2) is 17.0 Å². The minimum absolute atomic E-state index is 0.117. The first-order valence-corrected chi connectivity index (χ1v) is 11.6. The fourth-order valence-electron chi connectivity index (χ4n) is 4.94. The molecule has 1 fully saturated rings. The smallest absolute Gasteiger partial charge is 0.213 e. The van der Waals surface area contributed by atoms with Crippen LogP contribution in [0, 0.1) is 11.6 Å². The molecule has 1 N–H and O–H groups in total. The maximum Gasteiger partial charge on any atom is 0.213 e. The molecule has 2 aromatic heterocycles. The van der Waals surface area contributed by atoms with Gasteiger partial charge >= 0.3 is 0 Å². The zero-order valence-corrected chi connectivity index (χ0v) is 19.3. The van der Waals surface area contributed by atoms with Crippen molar-refractivity contribution in [2.75, 3.05) is 26.8 Å². The molecule has 7 nitrogen and oxygen atoms in total. The Hall–Kier alpha value is -3.04. The molecule has 1 saturated heterocycles. The summed E-state index contributed by atoms with van der Waals surface area (Å²) in [4.78, 5) is 19.9. The number of aromatic nitrogens is 2. The molecule has 5 rings (SSSR count). The zero-order chi connectivity index (χ0) is 23.8. The molecular formula is C25H28F2N4O3. The number of nitrogens with one attached hydrogen (secondary N) is 1. The number of piperidine rings is 1. The van der Waals surface area contributed by atoms with E-state index in [0.717, 1.165) is 37.6 Å². The van der Waals surface area contributed by atoms with Crippen molar-refractivity contribution in [3.8, 4) is 11.6 Å². The molecule has 1 unspecified atom stereocenters. The van der Waals surface area contributed by atoms with Crippen LogP contribution in [0.4, 0.5) is 8.78 Å². The van der Waals surface area contributed by atoms with Crippen molar-refractivity contribution in [2.45, 2.75) is 44.9 Å². The third-order valence-corrected chi connectivity index (χ3v) is 6.74. The van der Waals surface area contributed by atoms with Gasteiger partial charge in [-0.25, -0.2) is 9.37 Å². The summed E-state index contributed by atoms with van der Waals surface area (Å²) in [6, 6.07) is 4.94. The van der Waals surface area contributed by atoms with Crippen molar-refractivity contribution in [1.82, 2.24) is 19.8 Å². The van der Waals surface area contributed by atoms with Crippen LogP contribution in [-0.4, -0.2) is 47.3 Å². The molecule has 34 heavy (non-hydrogen) atoms. The molecule has 2 aliphatic heterocycles. The van der Waals surface area contributed by atoms with Gasteiger partial charge in [0.2, 0.25) is 11.7 Å². The summed E-state index contributed by atoms with van der Waals surface area (Å²) in [6.45, 7) is 4.92. The standard InChI is InChI=1S/C25H28F2N4O3/c1-15-14-34-25-22(27)20(26)9-19-23(25)31(15)13-17(24(19)32)12-30(18-4-3-6-28-10-18)11-16-5-7-29-21(8-16)33-2/h5,7-9,13,15,18,28H,3-4,6,10-12,14H2,1-2H3/t15?,18-/m0/s1. The van der Waals surface area contributed by atoms with Gasteiger partial charge in [0.1, 0.15) is 6.61 Å². The van der Waals surface area contributed by atoms with Crippen LogP contribution in [0.2, 0.25) is 0 Å². The summed E-state index contributed by atoms with van der Waals surface area (Å²) < 4.78 is 41.4. The Balaban J connectivity index is 1.57. The second-order valence-corrected chi connectivity index (χ2v) is 9.06. The first-order chi connectivity index (χ1) is 16.5. The number of hydrogen-bond acceptors (Lipinski definition) is 6. The summed E-state index contributed by atoms with van der Waals surface area (Å²) in [5.74, 6) is -1.78. The fourth-order valence-corrected chi connectivity index (χ4v) is 4.94. The number of halogens is 2. The maximum absolute atomic E-state index is 14.4. The molecule has 1 aromatic carbocycles. The number of benzene rings is 1. The Labute approximate surface area is 196 Å². The molecule has 4 heterocycles. The van der Waals surface area contributed by atoms with Crippen molar-refractivity contribution in [3.05, 3.63) is 63.6 Å². The molecule has 0 amide bonds. The van der Waals surface area contributed by atoms with Crippen LogP contribution >= 0.6 is 0 Å². The van der Waals surface area contributed by atoms with Crippen LogP contribution in [0.3, 0.4) is 0 Å². The van der Waals surface area contributed by atoms with Gasteiger partial charge in [0.05, 0.1) is 24.1 Å². The highest BCUT2D eigenvalue weighted by atomic mass is 19.2. The number of methoxy groups -OCH3 is 1. The number of pyridine rings is 2. The zero-order valence-electron chi connectivity index (χ0n) is 19.3. The van der Waals surface area contributed by atoms with Gasteiger partial charge in [0.25, 0.3) is 0 Å². The van der Waals surface area contributed by atoms with E-state index < -0.39 is 11.6 Å². The number of ether oxygens (including phenoxy) is 2. The monoisotopic (exact) mass is 470 g/mol. The van der Waals surface area contributed by atoms with Gasteiger partial charge in [-0.3, -0.25) is 9.69 Å². The molecule has 180 valence electrons. The minimum Gasteiger partial charge on any atom is -0.486 e. The largest absolute Gasteiger partial charge is 0.486 e. The summed E-state index contributed by atoms with van der Waals surface area (Å²) in [5, 5.41) is 3.59. The Morgan fingerprint density at radius 1 is 1.32 bits per heavy atom.